The minimum Gasteiger partial charge on any atom is -0.443 e. The Bertz CT molecular complexity index is 781. The molecule has 2 aromatic heterocycles. The van der Waals surface area contributed by atoms with Gasteiger partial charge in [-0.2, -0.15) is 0 Å². The Morgan fingerprint density at radius 3 is 2.86 bits per heavy atom. The Balaban J connectivity index is 1.88. The predicted molar refractivity (Wildman–Crippen MR) is 84.4 cm³/mol. The molecule has 0 saturated carbocycles. The van der Waals surface area contributed by atoms with E-state index in [1.165, 1.54) is 6.33 Å². The number of hydrogen-bond acceptors (Lipinski definition) is 5. The fraction of sp³-hybridized carbons (Fsp3) is 0.375. The Labute approximate surface area is 128 Å². The van der Waals surface area contributed by atoms with E-state index in [0.29, 0.717) is 6.54 Å². The molecule has 0 saturated heterocycles. The molecule has 0 spiro atoms. The molecule has 6 heteroatoms. The lowest BCUT2D eigenvalue weighted by Gasteiger charge is -2.17. The number of allylic oxidation sites excluding steroid dienone is 1. The van der Waals surface area contributed by atoms with Crippen LogP contribution in [0.5, 0.6) is 0 Å². The van der Waals surface area contributed by atoms with E-state index in [2.05, 4.69) is 15.0 Å². The highest BCUT2D eigenvalue weighted by atomic mass is 16.5. The van der Waals surface area contributed by atoms with E-state index in [1.807, 2.05) is 45.3 Å². The second-order valence-electron chi connectivity index (χ2n) is 6.21. The Morgan fingerprint density at radius 2 is 2.18 bits per heavy atom. The molecule has 0 aliphatic carbocycles. The smallest absolute Gasteiger partial charge is 0.312 e. The summed E-state index contributed by atoms with van der Waals surface area (Å²) in [7, 11) is 0. The Morgan fingerprint density at radius 1 is 1.36 bits per heavy atom. The van der Waals surface area contributed by atoms with E-state index in [9.17, 15) is 4.79 Å². The molecule has 114 valence electrons. The van der Waals surface area contributed by atoms with E-state index < -0.39 is 5.41 Å². The number of esters is 1. The van der Waals surface area contributed by atoms with Gasteiger partial charge in [-0.05, 0) is 26.8 Å². The van der Waals surface area contributed by atoms with E-state index in [-0.39, 0.29) is 12.7 Å². The highest BCUT2D eigenvalue weighted by molar-refractivity contribution is 6.14. The maximum absolute atomic E-state index is 11.9. The zero-order valence-electron chi connectivity index (χ0n) is 12.9. The number of rotatable bonds is 3. The van der Waals surface area contributed by atoms with Gasteiger partial charge < -0.3 is 4.74 Å². The van der Waals surface area contributed by atoms with Gasteiger partial charge in [0.15, 0.2) is 6.73 Å². The Kier molecular flexibility index (Phi) is 3.52. The van der Waals surface area contributed by atoms with Crippen molar-refractivity contribution in [2.24, 2.45) is 10.4 Å². The van der Waals surface area contributed by atoms with Crippen molar-refractivity contribution in [2.45, 2.75) is 27.5 Å². The molecule has 22 heavy (non-hydrogen) atoms. The third kappa shape index (κ3) is 2.64. The number of aromatic nitrogens is 3. The monoisotopic (exact) mass is 298 g/mol. The number of ether oxygens (including phenoxy) is 1. The molecule has 1 aliphatic rings. The summed E-state index contributed by atoms with van der Waals surface area (Å²) < 4.78 is 7.15. The van der Waals surface area contributed by atoms with E-state index in [4.69, 9.17) is 4.74 Å². The summed E-state index contributed by atoms with van der Waals surface area (Å²) in [5, 5.41) is 0.925. The van der Waals surface area contributed by atoms with Gasteiger partial charge in [-0.15, -0.1) is 0 Å². The van der Waals surface area contributed by atoms with E-state index in [0.717, 1.165) is 22.3 Å². The molecule has 2 aromatic rings. The fourth-order valence-corrected chi connectivity index (χ4v) is 2.20. The first-order valence-corrected chi connectivity index (χ1v) is 7.14. The number of aliphatic imine (C=N–C) groups is 1. The average Bonchev–Trinajstić information content (AvgIpc) is 3.13. The summed E-state index contributed by atoms with van der Waals surface area (Å²) in [5.41, 5.74) is 2.07. The average molecular weight is 298 g/mol. The van der Waals surface area contributed by atoms with Crippen molar-refractivity contribution >= 4 is 28.8 Å². The van der Waals surface area contributed by atoms with Crippen molar-refractivity contribution in [2.75, 3.05) is 6.54 Å². The van der Waals surface area contributed by atoms with Crippen LogP contribution in [0.25, 0.3) is 16.6 Å². The number of carbonyl (C=O) groups is 1. The molecule has 0 atom stereocenters. The summed E-state index contributed by atoms with van der Waals surface area (Å²) in [4.78, 5) is 24.7. The van der Waals surface area contributed by atoms with Crippen LogP contribution in [0.4, 0.5) is 0 Å². The first-order chi connectivity index (χ1) is 10.5. The van der Waals surface area contributed by atoms with Gasteiger partial charge in [0.05, 0.1) is 17.7 Å². The second kappa shape index (κ2) is 5.36. The number of hydrogen-bond donors (Lipinski definition) is 0. The standard InChI is InChI=1S/C16H18N4O2/c1-16(2,3)15(21)22-10-20-7-5-12-13(11-4-6-17-8-11)18-9-19-14(12)20/h4-5,7-9H,6,10H2,1-3H3. The maximum atomic E-state index is 11.9. The van der Waals surface area contributed by atoms with Crippen LogP contribution in [0, 0.1) is 5.41 Å². The van der Waals surface area contributed by atoms with Crippen LogP contribution >= 0.6 is 0 Å². The van der Waals surface area contributed by atoms with Gasteiger partial charge in [-0.1, -0.05) is 6.08 Å². The van der Waals surface area contributed by atoms with Crippen LogP contribution in [0.1, 0.15) is 26.5 Å². The molecule has 3 heterocycles. The lowest BCUT2D eigenvalue weighted by molar-refractivity contribution is -0.156. The van der Waals surface area contributed by atoms with Crippen molar-refractivity contribution < 1.29 is 9.53 Å². The molecule has 0 aromatic carbocycles. The first kappa shape index (κ1) is 14.4. The van der Waals surface area contributed by atoms with Gasteiger partial charge in [0, 0.05) is 23.4 Å². The normalized spacial score (nSPS) is 14.4. The lowest BCUT2D eigenvalue weighted by Crippen LogP contribution is -2.23. The zero-order chi connectivity index (χ0) is 15.7. The summed E-state index contributed by atoms with van der Waals surface area (Å²) in [5.74, 6) is -0.241. The SMILES string of the molecule is CC(C)(C)C(=O)OCn1ccc2c(C3=CCN=C3)ncnc21. The van der Waals surface area contributed by atoms with Gasteiger partial charge in [0.2, 0.25) is 0 Å². The van der Waals surface area contributed by atoms with E-state index in [1.54, 1.807) is 4.57 Å². The van der Waals surface area contributed by atoms with Gasteiger partial charge in [0.1, 0.15) is 12.0 Å². The molecule has 6 nitrogen and oxygen atoms in total. The molecule has 0 radical (unpaired) electrons. The van der Waals surface area contributed by atoms with E-state index >= 15 is 0 Å². The van der Waals surface area contributed by atoms with Gasteiger partial charge in [0.25, 0.3) is 0 Å². The van der Waals surface area contributed by atoms with Crippen molar-refractivity contribution in [1.29, 1.82) is 0 Å². The molecule has 1 aliphatic heterocycles. The van der Waals surface area contributed by atoms with Crippen molar-refractivity contribution in [3.63, 3.8) is 0 Å². The molecule has 0 N–H and O–H groups in total. The summed E-state index contributed by atoms with van der Waals surface area (Å²) >= 11 is 0. The largest absolute Gasteiger partial charge is 0.443 e. The van der Waals surface area contributed by atoms with Crippen molar-refractivity contribution in [1.82, 2.24) is 14.5 Å². The van der Waals surface area contributed by atoms with Gasteiger partial charge in [-0.3, -0.25) is 14.4 Å². The molecule has 0 unspecified atom stereocenters. The minimum atomic E-state index is -0.520. The van der Waals surface area contributed by atoms with Crippen LogP contribution in [-0.4, -0.2) is 33.3 Å². The predicted octanol–water partition coefficient (Wildman–Crippen LogP) is 2.45. The second-order valence-corrected chi connectivity index (χ2v) is 6.21. The molecule has 3 rings (SSSR count). The van der Waals surface area contributed by atoms with Gasteiger partial charge in [-0.25, -0.2) is 9.97 Å². The van der Waals surface area contributed by atoms with Crippen LogP contribution in [-0.2, 0) is 16.3 Å². The van der Waals surface area contributed by atoms with Crippen LogP contribution in [0.3, 0.4) is 0 Å². The molecular weight excluding hydrogens is 280 g/mol. The third-order valence-corrected chi connectivity index (χ3v) is 3.42. The quantitative estimate of drug-likeness (QED) is 0.816. The summed E-state index contributed by atoms with van der Waals surface area (Å²) in [6.07, 6.45) is 7.22. The van der Waals surface area contributed by atoms with Crippen LogP contribution < -0.4 is 0 Å². The fourth-order valence-electron chi connectivity index (χ4n) is 2.20. The highest BCUT2D eigenvalue weighted by Gasteiger charge is 2.23. The van der Waals surface area contributed by atoms with Crippen molar-refractivity contribution in [3.8, 4) is 0 Å². The van der Waals surface area contributed by atoms with Crippen LogP contribution in [0.2, 0.25) is 0 Å². The molecule has 0 bridgehead atoms. The number of fused-ring (bicyclic) bond motifs is 1. The third-order valence-electron chi connectivity index (χ3n) is 3.42. The summed E-state index contributed by atoms with van der Waals surface area (Å²) in [6.45, 7) is 6.31. The topological polar surface area (TPSA) is 69.4 Å². The first-order valence-electron chi connectivity index (χ1n) is 7.14. The zero-order valence-corrected chi connectivity index (χ0v) is 12.9. The molecule has 0 amide bonds. The highest BCUT2D eigenvalue weighted by Crippen LogP contribution is 2.23. The molecular formula is C16H18N4O2. The molecule has 0 fully saturated rings. The minimum absolute atomic E-state index is 0.142. The van der Waals surface area contributed by atoms with Gasteiger partial charge >= 0.3 is 5.97 Å². The Hall–Kier alpha value is -2.50. The lowest BCUT2D eigenvalue weighted by atomic mass is 9.98. The van der Waals surface area contributed by atoms with Crippen molar-refractivity contribution in [3.05, 3.63) is 30.4 Å². The van der Waals surface area contributed by atoms with Crippen LogP contribution in [0.15, 0.2) is 29.7 Å². The number of carbonyl (C=O) groups excluding carboxylic acids is 1. The number of nitrogens with zero attached hydrogens (tertiary/aromatic N) is 4. The maximum Gasteiger partial charge on any atom is 0.312 e. The summed E-state index contributed by atoms with van der Waals surface area (Å²) in [6, 6.07) is 1.93.